The van der Waals surface area contributed by atoms with Gasteiger partial charge in [0.2, 0.25) is 5.95 Å². The molecule has 202 valence electrons. The van der Waals surface area contributed by atoms with Gasteiger partial charge in [-0.1, -0.05) is 29.8 Å². The molecule has 0 radical (unpaired) electrons. The highest BCUT2D eigenvalue weighted by molar-refractivity contribution is 6.31. The maximum atomic E-state index is 14.8. The summed E-state index contributed by atoms with van der Waals surface area (Å²) in [5.41, 5.74) is 5.36. The number of anilines is 2. The van der Waals surface area contributed by atoms with Crippen LogP contribution in [0.4, 0.5) is 16.0 Å². The Morgan fingerprint density at radius 3 is 2.58 bits per heavy atom. The summed E-state index contributed by atoms with van der Waals surface area (Å²) in [6, 6.07) is 19.6. The summed E-state index contributed by atoms with van der Waals surface area (Å²) in [5.74, 6) is 0.0657. The van der Waals surface area contributed by atoms with Crippen LogP contribution < -0.4 is 10.6 Å². The van der Waals surface area contributed by atoms with Crippen molar-refractivity contribution in [3.8, 4) is 11.3 Å². The Labute approximate surface area is 237 Å². The third kappa shape index (κ3) is 5.20. The summed E-state index contributed by atoms with van der Waals surface area (Å²) < 4.78 is 14.8. The van der Waals surface area contributed by atoms with E-state index in [2.05, 4.69) is 15.6 Å². The molecule has 0 spiro atoms. The van der Waals surface area contributed by atoms with Gasteiger partial charge in [0.1, 0.15) is 5.82 Å². The van der Waals surface area contributed by atoms with Crippen LogP contribution in [0.25, 0.3) is 11.3 Å². The lowest BCUT2D eigenvalue weighted by Gasteiger charge is -2.31. The summed E-state index contributed by atoms with van der Waals surface area (Å²) >= 11 is 6.36. The van der Waals surface area contributed by atoms with Crippen LogP contribution in [0.15, 0.2) is 77.9 Å². The number of rotatable bonds is 5. The zero-order chi connectivity index (χ0) is 27.6. The number of aromatic nitrogens is 2. The van der Waals surface area contributed by atoms with E-state index in [4.69, 9.17) is 21.6 Å². The molecule has 0 saturated carbocycles. The summed E-state index contributed by atoms with van der Waals surface area (Å²) in [7, 11) is 1.88. The number of amides is 1. The minimum absolute atomic E-state index is 0.0145. The van der Waals surface area contributed by atoms with E-state index >= 15 is 0 Å². The van der Waals surface area contributed by atoms with Crippen molar-refractivity contribution in [1.82, 2.24) is 20.2 Å². The fraction of sp³-hybridized carbons (Fsp3) is 0.226. The number of aliphatic imine (C=N–C) groups is 1. The molecule has 0 aliphatic carbocycles. The van der Waals surface area contributed by atoms with Crippen LogP contribution in [0.3, 0.4) is 0 Å². The Hall–Kier alpha value is -4.14. The fourth-order valence-electron chi connectivity index (χ4n) is 5.26. The maximum Gasteiger partial charge on any atom is 0.253 e. The second kappa shape index (κ2) is 11.2. The van der Waals surface area contributed by atoms with E-state index in [0.29, 0.717) is 45.6 Å². The van der Waals surface area contributed by atoms with Gasteiger partial charge in [-0.05, 0) is 74.5 Å². The van der Waals surface area contributed by atoms with Crippen molar-refractivity contribution in [3.05, 3.63) is 106 Å². The molecule has 6 rings (SSSR count). The van der Waals surface area contributed by atoms with Gasteiger partial charge in [0.25, 0.3) is 5.91 Å². The van der Waals surface area contributed by atoms with Crippen LogP contribution in [0, 0.1) is 5.82 Å². The Bertz CT molecular complexity index is 1600. The standard InChI is InChI=1S/C31H28ClFN6O/c1-39(23-12-14-34-15-13-23)30(40)19-6-9-22(10-7-19)37-31-36-18-20-17-35-29(25-4-2-3-5-27(25)33)26-16-21(32)8-11-24(26)28(20)38-31/h2-11,16,18,23,34H,12-15,17H2,1H3,(H,36,37,38). The van der Waals surface area contributed by atoms with Gasteiger partial charge >= 0.3 is 0 Å². The third-order valence-corrected chi connectivity index (χ3v) is 7.69. The van der Waals surface area contributed by atoms with Crippen molar-refractivity contribution < 1.29 is 9.18 Å². The van der Waals surface area contributed by atoms with Crippen LogP contribution >= 0.6 is 11.6 Å². The first-order valence-electron chi connectivity index (χ1n) is 13.3. The summed E-state index contributed by atoms with van der Waals surface area (Å²) in [6.45, 7) is 2.16. The molecule has 0 unspecified atom stereocenters. The number of nitrogens with zero attached hydrogens (tertiary/aromatic N) is 4. The average Bonchev–Trinajstić information content (AvgIpc) is 3.14. The molecular formula is C31H28ClFN6O. The van der Waals surface area contributed by atoms with Gasteiger partial charge in [0, 0.05) is 57.8 Å². The molecule has 2 N–H and O–H groups in total. The van der Waals surface area contributed by atoms with Crippen LogP contribution in [-0.2, 0) is 6.54 Å². The summed E-state index contributed by atoms with van der Waals surface area (Å²) in [6.07, 6.45) is 3.65. The molecule has 0 bridgehead atoms. The molecule has 1 saturated heterocycles. The van der Waals surface area contributed by atoms with E-state index in [-0.39, 0.29) is 17.8 Å². The van der Waals surface area contributed by atoms with Crippen LogP contribution in [-0.4, -0.2) is 52.7 Å². The number of nitrogens with one attached hydrogen (secondary N) is 2. The second-order valence-electron chi connectivity index (χ2n) is 10.0. The minimum Gasteiger partial charge on any atom is -0.339 e. The van der Waals surface area contributed by atoms with Gasteiger partial charge < -0.3 is 15.5 Å². The zero-order valence-electron chi connectivity index (χ0n) is 22.0. The molecule has 7 nitrogen and oxygen atoms in total. The van der Waals surface area contributed by atoms with E-state index in [0.717, 1.165) is 42.7 Å². The Morgan fingerprint density at radius 2 is 1.80 bits per heavy atom. The van der Waals surface area contributed by atoms with Gasteiger partial charge in [0.15, 0.2) is 0 Å². The number of piperidine rings is 1. The summed E-state index contributed by atoms with van der Waals surface area (Å²) in [5, 5.41) is 7.11. The van der Waals surface area contributed by atoms with E-state index in [9.17, 15) is 9.18 Å². The lowest BCUT2D eigenvalue weighted by molar-refractivity contribution is 0.0703. The highest BCUT2D eigenvalue weighted by atomic mass is 35.5. The van der Waals surface area contributed by atoms with Crippen LogP contribution in [0.2, 0.25) is 5.02 Å². The molecule has 40 heavy (non-hydrogen) atoms. The van der Waals surface area contributed by atoms with E-state index in [1.165, 1.54) is 6.07 Å². The zero-order valence-corrected chi connectivity index (χ0v) is 22.8. The number of hydrogen-bond donors (Lipinski definition) is 2. The molecule has 3 heterocycles. The number of carbonyl (C=O) groups is 1. The monoisotopic (exact) mass is 554 g/mol. The Balaban J connectivity index is 1.26. The van der Waals surface area contributed by atoms with Crippen LogP contribution in [0.5, 0.6) is 0 Å². The highest BCUT2D eigenvalue weighted by Gasteiger charge is 2.24. The predicted molar refractivity (Wildman–Crippen MR) is 156 cm³/mol. The number of carbonyl (C=O) groups excluding carboxylic acids is 1. The van der Waals surface area contributed by atoms with Crippen molar-refractivity contribution in [1.29, 1.82) is 0 Å². The van der Waals surface area contributed by atoms with Gasteiger partial charge in [0.05, 0.1) is 18.0 Å². The normalized spacial score (nSPS) is 14.9. The van der Waals surface area contributed by atoms with Gasteiger partial charge in [-0.3, -0.25) is 9.79 Å². The number of hydrogen-bond acceptors (Lipinski definition) is 6. The lowest BCUT2D eigenvalue weighted by Crippen LogP contribution is -2.43. The lowest BCUT2D eigenvalue weighted by atomic mass is 9.95. The molecule has 2 aliphatic heterocycles. The van der Waals surface area contributed by atoms with E-state index in [1.54, 1.807) is 36.5 Å². The SMILES string of the molecule is CN(C(=O)c1ccc(Nc2ncc3c(n2)-c2ccc(Cl)cc2C(c2ccccc2F)=NC3)cc1)C1CCNCC1. The van der Waals surface area contributed by atoms with Crippen molar-refractivity contribution >= 4 is 34.9 Å². The molecule has 3 aromatic carbocycles. The number of halogens is 2. The first kappa shape index (κ1) is 26.1. The highest BCUT2D eigenvalue weighted by Crippen LogP contribution is 2.34. The third-order valence-electron chi connectivity index (χ3n) is 7.46. The fourth-order valence-corrected chi connectivity index (χ4v) is 5.43. The predicted octanol–water partition coefficient (Wildman–Crippen LogP) is 5.85. The molecule has 4 aromatic rings. The van der Waals surface area contributed by atoms with Gasteiger partial charge in [-0.25, -0.2) is 14.4 Å². The average molecular weight is 555 g/mol. The summed E-state index contributed by atoms with van der Waals surface area (Å²) in [4.78, 5) is 28.9. The molecule has 0 atom stereocenters. The van der Waals surface area contributed by atoms with Crippen molar-refractivity contribution in [3.63, 3.8) is 0 Å². The molecule has 9 heteroatoms. The Kier molecular flexibility index (Phi) is 7.28. The van der Waals surface area contributed by atoms with Crippen molar-refractivity contribution in [2.75, 3.05) is 25.5 Å². The number of benzene rings is 3. The van der Waals surface area contributed by atoms with E-state index < -0.39 is 0 Å². The minimum atomic E-state index is -0.351. The second-order valence-corrected chi connectivity index (χ2v) is 10.4. The van der Waals surface area contributed by atoms with E-state index in [1.807, 2.05) is 42.3 Å². The quantitative estimate of drug-likeness (QED) is 0.323. The van der Waals surface area contributed by atoms with Gasteiger partial charge in [-0.2, -0.15) is 0 Å². The van der Waals surface area contributed by atoms with Crippen molar-refractivity contribution in [2.24, 2.45) is 4.99 Å². The molecular weight excluding hydrogens is 527 g/mol. The maximum absolute atomic E-state index is 14.8. The van der Waals surface area contributed by atoms with Crippen LogP contribution in [0.1, 0.15) is 39.9 Å². The van der Waals surface area contributed by atoms with Gasteiger partial charge in [-0.15, -0.1) is 0 Å². The van der Waals surface area contributed by atoms with Crippen molar-refractivity contribution in [2.45, 2.75) is 25.4 Å². The first-order chi connectivity index (χ1) is 19.5. The smallest absolute Gasteiger partial charge is 0.253 e. The Morgan fingerprint density at radius 1 is 1.02 bits per heavy atom. The molecule has 1 fully saturated rings. The molecule has 1 aromatic heterocycles. The molecule has 2 aliphatic rings. The first-order valence-corrected chi connectivity index (χ1v) is 13.7. The topological polar surface area (TPSA) is 82.5 Å². The largest absolute Gasteiger partial charge is 0.339 e. The number of fused-ring (bicyclic) bond motifs is 3. The molecule has 1 amide bonds.